The Kier molecular flexibility index (Phi) is 12.7. The summed E-state index contributed by atoms with van der Waals surface area (Å²) in [5.74, 6) is 0.901. The van der Waals surface area contributed by atoms with Gasteiger partial charge in [0.2, 0.25) is 0 Å². The van der Waals surface area contributed by atoms with E-state index in [1.54, 1.807) is 0 Å². The van der Waals surface area contributed by atoms with Gasteiger partial charge in [-0.25, -0.2) is 0 Å². The molecule has 0 radical (unpaired) electrons. The first-order chi connectivity index (χ1) is 13.1. The Morgan fingerprint density at radius 2 is 1.86 bits per heavy atom. The molecule has 1 atom stereocenters. The molecular formula is C21H38IN5O. The van der Waals surface area contributed by atoms with Gasteiger partial charge in [0, 0.05) is 26.2 Å². The number of hydrogen-bond donors (Lipinski definition) is 2. The van der Waals surface area contributed by atoms with Crippen LogP contribution in [0, 0.1) is 6.92 Å². The lowest BCUT2D eigenvalue weighted by atomic mass is 10.0. The minimum atomic E-state index is 0. The highest BCUT2D eigenvalue weighted by atomic mass is 127. The lowest BCUT2D eigenvalue weighted by Gasteiger charge is -2.26. The minimum Gasteiger partial charge on any atom is -0.379 e. The third-order valence-electron chi connectivity index (χ3n) is 4.90. The fourth-order valence-electron chi connectivity index (χ4n) is 3.21. The van der Waals surface area contributed by atoms with Crippen LogP contribution >= 0.6 is 24.0 Å². The number of halogens is 1. The predicted molar refractivity (Wildman–Crippen MR) is 129 cm³/mol. The molecule has 0 saturated carbocycles. The van der Waals surface area contributed by atoms with E-state index in [2.05, 4.69) is 72.6 Å². The number of benzene rings is 1. The number of aliphatic imine (C=N–C) groups is 1. The second-order valence-electron chi connectivity index (χ2n) is 7.34. The molecule has 0 amide bonds. The van der Waals surface area contributed by atoms with Gasteiger partial charge in [0.1, 0.15) is 0 Å². The molecular weight excluding hydrogens is 465 g/mol. The van der Waals surface area contributed by atoms with Gasteiger partial charge in [-0.15, -0.1) is 24.0 Å². The lowest BCUT2D eigenvalue weighted by molar-refractivity contribution is 0.0376. The first-order valence-electron chi connectivity index (χ1n) is 10.2. The summed E-state index contributed by atoms with van der Waals surface area (Å²) in [4.78, 5) is 9.54. The molecule has 2 N–H and O–H groups in total. The molecule has 0 bridgehead atoms. The van der Waals surface area contributed by atoms with Gasteiger partial charge < -0.3 is 20.3 Å². The summed E-state index contributed by atoms with van der Waals surface area (Å²) in [5.41, 5.74) is 2.59. The van der Waals surface area contributed by atoms with Crippen molar-refractivity contribution in [1.82, 2.24) is 20.4 Å². The molecule has 1 aromatic rings. The molecule has 1 fully saturated rings. The highest BCUT2D eigenvalue weighted by molar-refractivity contribution is 14.0. The summed E-state index contributed by atoms with van der Waals surface area (Å²) in [7, 11) is 4.23. The smallest absolute Gasteiger partial charge is 0.191 e. The fraction of sp³-hybridized carbons (Fsp3) is 0.667. The van der Waals surface area contributed by atoms with Crippen molar-refractivity contribution in [3.63, 3.8) is 0 Å². The number of ether oxygens (including phenoxy) is 1. The van der Waals surface area contributed by atoms with Crippen molar-refractivity contribution in [2.24, 2.45) is 4.99 Å². The van der Waals surface area contributed by atoms with E-state index in [9.17, 15) is 0 Å². The molecule has 0 spiro atoms. The average molecular weight is 503 g/mol. The van der Waals surface area contributed by atoms with Crippen LogP contribution in [-0.4, -0.2) is 82.3 Å². The van der Waals surface area contributed by atoms with E-state index in [0.29, 0.717) is 0 Å². The maximum absolute atomic E-state index is 5.40. The van der Waals surface area contributed by atoms with Gasteiger partial charge >= 0.3 is 0 Å². The van der Waals surface area contributed by atoms with E-state index in [4.69, 9.17) is 9.73 Å². The quantitative estimate of drug-likeness (QED) is 0.235. The molecule has 1 unspecified atom stereocenters. The molecule has 0 aromatic heterocycles. The maximum atomic E-state index is 5.40. The van der Waals surface area contributed by atoms with Crippen molar-refractivity contribution in [2.45, 2.75) is 26.3 Å². The largest absolute Gasteiger partial charge is 0.379 e. The van der Waals surface area contributed by atoms with Crippen molar-refractivity contribution in [2.75, 3.05) is 66.6 Å². The van der Waals surface area contributed by atoms with Crippen LogP contribution < -0.4 is 10.6 Å². The first-order valence-corrected chi connectivity index (χ1v) is 10.2. The summed E-state index contributed by atoms with van der Waals surface area (Å²) in [6.45, 7) is 11.7. The number of rotatable bonds is 9. The van der Waals surface area contributed by atoms with Crippen LogP contribution in [0.4, 0.5) is 0 Å². The van der Waals surface area contributed by atoms with Crippen LogP contribution in [0.25, 0.3) is 0 Å². The predicted octanol–water partition coefficient (Wildman–Crippen LogP) is 2.49. The Morgan fingerprint density at radius 1 is 1.18 bits per heavy atom. The van der Waals surface area contributed by atoms with Crippen LogP contribution in [0.2, 0.25) is 0 Å². The summed E-state index contributed by atoms with van der Waals surface area (Å²) in [6, 6.07) is 9.03. The number of likely N-dealkylation sites (N-methyl/N-ethyl adjacent to an activating group) is 1. The highest BCUT2D eigenvalue weighted by Crippen LogP contribution is 2.19. The molecule has 2 rings (SSSR count). The molecule has 1 aromatic carbocycles. The number of guanidine groups is 1. The van der Waals surface area contributed by atoms with E-state index >= 15 is 0 Å². The SMILES string of the molecule is CCNC(=NCC(c1ccc(C)cc1)N(C)C)NCCCN1CCOCC1.I. The molecule has 28 heavy (non-hydrogen) atoms. The summed E-state index contributed by atoms with van der Waals surface area (Å²) in [5, 5.41) is 6.84. The Labute approximate surface area is 188 Å². The summed E-state index contributed by atoms with van der Waals surface area (Å²) in [6.07, 6.45) is 1.11. The van der Waals surface area contributed by atoms with E-state index in [1.165, 1.54) is 11.1 Å². The second-order valence-corrected chi connectivity index (χ2v) is 7.34. The Morgan fingerprint density at radius 3 is 2.46 bits per heavy atom. The fourth-order valence-corrected chi connectivity index (χ4v) is 3.21. The number of morpholine rings is 1. The van der Waals surface area contributed by atoms with Gasteiger partial charge in [0.15, 0.2) is 5.96 Å². The first kappa shape index (κ1) is 25.1. The molecule has 160 valence electrons. The van der Waals surface area contributed by atoms with E-state index in [1.807, 2.05) is 0 Å². The average Bonchev–Trinajstić information content (AvgIpc) is 2.67. The van der Waals surface area contributed by atoms with Gasteiger partial charge in [-0.1, -0.05) is 29.8 Å². The molecule has 6 nitrogen and oxygen atoms in total. The maximum Gasteiger partial charge on any atom is 0.191 e. The Bertz CT molecular complexity index is 558. The van der Waals surface area contributed by atoms with Crippen molar-refractivity contribution >= 4 is 29.9 Å². The Hall–Kier alpha value is -0.900. The van der Waals surface area contributed by atoms with Crippen molar-refractivity contribution < 1.29 is 4.74 Å². The third-order valence-corrected chi connectivity index (χ3v) is 4.90. The second kappa shape index (κ2) is 14.1. The number of aryl methyl sites for hydroxylation is 1. The molecule has 1 saturated heterocycles. The van der Waals surface area contributed by atoms with Crippen LogP contribution in [0.3, 0.4) is 0 Å². The number of hydrogen-bond acceptors (Lipinski definition) is 4. The monoisotopic (exact) mass is 503 g/mol. The lowest BCUT2D eigenvalue weighted by Crippen LogP contribution is -2.41. The van der Waals surface area contributed by atoms with Gasteiger partial charge in [0.05, 0.1) is 25.8 Å². The molecule has 1 heterocycles. The van der Waals surface area contributed by atoms with Gasteiger partial charge in [-0.05, 0) is 46.5 Å². The van der Waals surface area contributed by atoms with Crippen LogP contribution in [0.5, 0.6) is 0 Å². The van der Waals surface area contributed by atoms with Crippen LogP contribution in [0.1, 0.15) is 30.5 Å². The van der Waals surface area contributed by atoms with Gasteiger partial charge in [-0.2, -0.15) is 0 Å². The zero-order valence-corrected chi connectivity index (χ0v) is 20.2. The minimum absolute atomic E-state index is 0. The van der Waals surface area contributed by atoms with E-state index in [0.717, 1.165) is 64.9 Å². The molecule has 7 heteroatoms. The zero-order valence-electron chi connectivity index (χ0n) is 17.9. The number of nitrogens with zero attached hydrogens (tertiary/aromatic N) is 3. The van der Waals surface area contributed by atoms with E-state index < -0.39 is 0 Å². The van der Waals surface area contributed by atoms with E-state index in [-0.39, 0.29) is 30.0 Å². The summed E-state index contributed by atoms with van der Waals surface area (Å²) < 4.78 is 5.40. The van der Waals surface area contributed by atoms with Gasteiger partial charge in [-0.3, -0.25) is 9.89 Å². The van der Waals surface area contributed by atoms with Gasteiger partial charge in [0.25, 0.3) is 0 Å². The standard InChI is InChI=1S/C21H37N5O.HI/c1-5-22-21(23-11-6-12-26-13-15-27-16-14-26)24-17-20(25(3)4)19-9-7-18(2)8-10-19;/h7-10,20H,5-6,11-17H2,1-4H3,(H2,22,23,24);1H. The van der Waals surface area contributed by atoms with Crippen molar-refractivity contribution in [1.29, 1.82) is 0 Å². The van der Waals surface area contributed by atoms with Crippen LogP contribution in [0.15, 0.2) is 29.3 Å². The van der Waals surface area contributed by atoms with Crippen molar-refractivity contribution in [3.8, 4) is 0 Å². The third kappa shape index (κ3) is 9.07. The molecule has 0 aliphatic carbocycles. The highest BCUT2D eigenvalue weighted by Gasteiger charge is 2.14. The van der Waals surface area contributed by atoms with Crippen LogP contribution in [-0.2, 0) is 4.74 Å². The van der Waals surface area contributed by atoms with Crippen molar-refractivity contribution in [3.05, 3.63) is 35.4 Å². The number of nitrogens with one attached hydrogen (secondary N) is 2. The zero-order chi connectivity index (χ0) is 19.5. The topological polar surface area (TPSA) is 52.1 Å². The molecule has 1 aliphatic rings. The Balaban J connectivity index is 0.00000392. The molecule has 1 aliphatic heterocycles. The summed E-state index contributed by atoms with van der Waals surface area (Å²) >= 11 is 0. The normalized spacial score (nSPS) is 16.5.